The van der Waals surface area contributed by atoms with Gasteiger partial charge in [0.15, 0.2) is 0 Å². The third-order valence-electron chi connectivity index (χ3n) is 3.10. The van der Waals surface area contributed by atoms with E-state index in [4.69, 9.17) is 0 Å². The molecule has 16 heavy (non-hydrogen) atoms. The summed E-state index contributed by atoms with van der Waals surface area (Å²) < 4.78 is 0. The Bertz CT molecular complexity index is 352. The molecule has 0 fully saturated rings. The van der Waals surface area contributed by atoms with Crippen LogP contribution in [-0.4, -0.2) is 25.5 Å². The molecular formula is C13H19BrN2. The van der Waals surface area contributed by atoms with E-state index >= 15 is 0 Å². The monoisotopic (exact) mass is 282 g/mol. The third kappa shape index (κ3) is 2.70. The van der Waals surface area contributed by atoms with Crippen LogP contribution >= 0.6 is 15.9 Å². The highest BCUT2D eigenvalue weighted by Gasteiger charge is 2.15. The van der Waals surface area contributed by atoms with Crippen LogP contribution in [0.5, 0.6) is 0 Å². The molecule has 0 radical (unpaired) electrons. The maximum Gasteiger partial charge on any atom is 0.0398 e. The van der Waals surface area contributed by atoms with Gasteiger partial charge in [-0.25, -0.2) is 0 Å². The first-order chi connectivity index (χ1) is 7.81. The Hall–Kier alpha value is -0.700. The Morgan fingerprint density at radius 1 is 1.38 bits per heavy atom. The second kappa shape index (κ2) is 5.58. The van der Waals surface area contributed by atoms with Crippen LogP contribution in [0, 0.1) is 0 Å². The van der Waals surface area contributed by atoms with Gasteiger partial charge in [-0.05, 0) is 43.0 Å². The van der Waals surface area contributed by atoms with E-state index in [0.29, 0.717) is 0 Å². The van der Waals surface area contributed by atoms with Crippen molar-refractivity contribution >= 4 is 27.3 Å². The molecule has 1 N–H and O–H groups in total. The molecule has 2 rings (SSSR count). The van der Waals surface area contributed by atoms with Gasteiger partial charge in [-0.1, -0.05) is 15.9 Å². The number of alkyl halides is 1. The third-order valence-corrected chi connectivity index (χ3v) is 3.66. The molecule has 3 heteroatoms. The van der Waals surface area contributed by atoms with Crippen molar-refractivity contribution in [2.45, 2.75) is 19.3 Å². The van der Waals surface area contributed by atoms with Crippen molar-refractivity contribution < 1.29 is 0 Å². The summed E-state index contributed by atoms with van der Waals surface area (Å²) in [5.41, 5.74) is 4.14. The Morgan fingerprint density at radius 2 is 2.25 bits per heavy atom. The number of benzene rings is 1. The minimum atomic E-state index is 1.07. The lowest BCUT2D eigenvalue weighted by molar-refractivity contribution is 0.847. The zero-order chi connectivity index (χ0) is 11.4. The Morgan fingerprint density at radius 3 is 3.06 bits per heavy atom. The SMILES string of the molecule is CN1CCc2cc(NCCCCBr)ccc21. The summed E-state index contributed by atoms with van der Waals surface area (Å²) in [5.74, 6) is 0. The fourth-order valence-corrected chi connectivity index (χ4v) is 2.53. The van der Waals surface area contributed by atoms with Crippen molar-refractivity contribution in [1.29, 1.82) is 0 Å². The number of rotatable bonds is 5. The predicted molar refractivity (Wildman–Crippen MR) is 74.9 cm³/mol. The number of halogens is 1. The van der Waals surface area contributed by atoms with Gasteiger partial charge in [-0.3, -0.25) is 0 Å². The second-order valence-electron chi connectivity index (χ2n) is 4.34. The summed E-state index contributed by atoms with van der Waals surface area (Å²) in [6, 6.07) is 6.72. The number of nitrogens with one attached hydrogen (secondary N) is 1. The first-order valence-corrected chi connectivity index (χ1v) is 7.07. The molecule has 1 aliphatic rings. The van der Waals surface area contributed by atoms with E-state index in [0.717, 1.165) is 18.4 Å². The summed E-state index contributed by atoms with van der Waals surface area (Å²) in [7, 11) is 2.16. The average Bonchev–Trinajstić information content (AvgIpc) is 2.66. The molecule has 0 bridgehead atoms. The highest BCUT2D eigenvalue weighted by atomic mass is 79.9. The first kappa shape index (κ1) is 11.8. The summed E-state index contributed by atoms with van der Waals surface area (Å²) in [6.07, 6.45) is 3.64. The predicted octanol–water partition coefficient (Wildman–Crippen LogP) is 3.27. The number of likely N-dealkylation sites (N-methyl/N-ethyl adjacent to an activating group) is 1. The molecule has 0 saturated carbocycles. The van der Waals surface area contributed by atoms with E-state index in [9.17, 15) is 0 Å². The zero-order valence-corrected chi connectivity index (χ0v) is 11.4. The van der Waals surface area contributed by atoms with Crippen LogP contribution in [-0.2, 0) is 6.42 Å². The smallest absolute Gasteiger partial charge is 0.0398 e. The summed E-state index contributed by atoms with van der Waals surface area (Å²) >= 11 is 3.45. The van der Waals surface area contributed by atoms with Gasteiger partial charge in [0.05, 0.1) is 0 Å². The largest absolute Gasteiger partial charge is 0.385 e. The number of unbranched alkanes of at least 4 members (excludes halogenated alkanes) is 1. The van der Waals surface area contributed by atoms with E-state index in [1.165, 1.54) is 36.2 Å². The van der Waals surface area contributed by atoms with Crippen molar-refractivity contribution in [3.8, 4) is 0 Å². The van der Waals surface area contributed by atoms with Crippen molar-refractivity contribution in [2.75, 3.05) is 35.7 Å². The van der Waals surface area contributed by atoms with Gasteiger partial charge in [-0.15, -0.1) is 0 Å². The normalized spacial score (nSPS) is 14.0. The number of nitrogens with zero attached hydrogens (tertiary/aromatic N) is 1. The quantitative estimate of drug-likeness (QED) is 0.659. The molecule has 0 aromatic heterocycles. The minimum Gasteiger partial charge on any atom is -0.385 e. The summed E-state index contributed by atoms with van der Waals surface area (Å²) in [5, 5.41) is 4.59. The van der Waals surface area contributed by atoms with Gasteiger partial charge in [0.2, 0.25) is 0 Å². The van der Waals surface area contributed by atoms with Crippen LogP contribution in [0.2, 0.25) is 0 Å². The lowest BCUT2D eigenvalue weighted by atomic mass is 10.1. The van der Waals surface area contributed by atoms with E-state index in [1.54, 1.807) is 0 Å². The zero-order valence-electron chi connectivity index (χ0n) is 9.80. The van der Waals surface area contributed by atoms with Crippen LogP contribution in [0.4, 0.5) is 11.4 Å². The molecule has 0 saturated heterocycles. The lowest BCUT2D eigenvalue weighted by Crippen LogP contribution is -2.12. The van der Waals surface area contributed by atoms with Crippen molar-refractivity contribution in [1.82, 2.24) is 0 Å². The maximum absolute atomic E-state index is 3.48. The van der Waals surface area contributed by atoms with Gasteiger partial charge in [0, 0.05) is 36.8 Å². The number of hydrogen-bond acceptors (Lipinski definition) is 2. The van der Waals surface area contributed by atoms with Gasteiger partial charge in [0.1, 0.15) is 0 Å². The topological polar surface area (TPSA) is 15.3 Å². The number of fused-ring (bicyclic) bond motifs is 1. The fraction of sp³-hybridized carbons (Fsp3) is 0.538. The van der Waals surface area contributed by atoms with Gasteiger partial charge < -0.3 is 10.2 Å². The van der Waals surface area contributed by atoms with E-state index in [-0.39, 0.29) is 0 Å². The Balaban J connectivity index is 1.92. The van der Waals surface area contributed by atoms with E-state index in [1.807, 2.05) is 0 Å². The van der Waals surface area contributed by atoms with E-state index in [2.05, 4.69) is 51.4 Å². The van der Waals surface area contributed by atoms with Crippen LogP contribution in [0.1, 0.15) is 18.4 Å². The summed E-state index contributed by atoms with van der Waals surface area (Å²) in [6.45, 7) is 2.22. The standard InChI is InChI=1S/C13H19BrN2/c1-16-9-6-11-10-12(4-5-13(11)16)15-8-3-2-7-14/h4-5,10,15H,2-3,6-9H2,1H3. The number of hydrogen-bond donors (Lipinski definition) is 1. The molecular weight excluding hydrogens is 264 g/mol. The van der Waals surface area contributed by atoms with Crippen LogP contribution < -0.4 is 10.2 Å². The lowest BCUT2D eigenvalue weighted by Gasteiger charge is -2.12. The molecule has 1 heterocycles. The number of anilines is 2. The van der Waals surface area contributed by atoms with Crippen LogP contribution in [0.15, 0.2) is 18.2 Å². The highest BCUT2D eigenvalue weighted by Crippen LogP contribution is 2.28. The average molecular weight is 283 g/mol. The van der Waals surface area contributed by atoms with Crippen LogP contribution in [0.3, 0.4) is 0 Å². The van der Waals surface area contributed by atoms with Crippen molar-refractivity contribution in [3.05, 3.63) is 23.8 Å². The molecule has 2 nitrogen and oxygen atoms in total. The molecule has 1 aromatic rings. The first-order valence-electron chi connectivity index (χ1n) is 5.95. The molecule has 0 spiro atoms. The van der Waals surface area contributed by atoms with E-state index < -0.39 is 0 Å². The van der Waals surface area contributed by atoms with Crippen molar-refractivity contribution in [2.24, 2.45) is 0 Å². The molecule has 1 aromatic carbocycles. The molecule has 0 atom stereocenters. The second-order valence-corrected chi connectivity index (χ2v) is 5.13. The molecule has 0 amide bonds. The molecule has 88 valence electrons. The molecule has 0 aliphatic carbocycles. The Kier molecular flexibility index (Phi) is 4.10. The van der Waals surface area contributed by atoms with Gasteiger partial charge in [-0.2, -0.15) is 0 Å². The Labute approximate surface area is 106 Å². The highest BCUT2D eigenvalue weighted by molar-refractivity contribution is 9.09. The maximum atomic E-state index is 3.48. The van der Waals surface area contributed by atoms with Gasteiger partial charge in [0.25, 0.3) is 0 Å². The van der Waals surface area contributed by atoms with Gasteiger partial charge >= 0.3 is 0 Å². The minimum absolute atomic E-state index is 1.07. The molecule has 1 aliphatic heterocycles. The van der Waals surface area contributed by atoms with Crippen molar-refractivity contribution in [3.63, 3.8) is 0 Å². The van der Waals surface area contributed by atoms with Crippen LogP contribution in [0.25, 0.3) is 0 Å². The molecule has 0 unspecified atom stereocenters. The fourth-order valence-electron chi connectivity index (χ4n) is 2.13. The summed E-state index contributed by atoms with van der Waals surface area (Å²) in [4.78, 5) is 2.32.